The summed E-state index contributed by atoms with van der Waals surface area (Å²) in [5.74, 6) is 0.650. The molecule has 0 aliphatic rings. The van der Waals surface area contributed by atoms with E-state index in [1.54, 1.807) is 12.1 Å². The third-order valence-electron chi connectivity index (χ3n) is 3.22. The number of hydrogen-bond donors (Lipinski definition) is 1. The van der Waals surface area contributed by atoms with Crippen LogP contribution in [0.15, 0.2) is 42.5 Å². The second kappa shape index (κ2) is 8.38. The summed E-state index contributed by atoms with van der Waals surface area (Å²) < 4.78 is 5.80. The van der Waals surface area contributed by atoms with Crippen molar-refractivity contribution in [3.63, 3.8) is 0 Å². The Morgan fingerprint density at radius 2 is 2.05 bits per heavy atom. The van der Waals surface area contributed by atoms with E-state index in [0.717, 1.165) is 13.0 Å². The maximum Gasteiger partial charge on any atom is 0.161 e. The van der Waals surface area contributed by atoms with Crippen LogP contribution in [0.1, 0.15) is 30.7 Å². The van der Waals surface area contributed by atoms with E-state index in [1.807, 2.05) is 31.2 Å². The van der Waals surface area contributed by atoms with Gasteiger partial charge >= 0.3 is 0 Å². The molecule has 0 radical (unpaired) electrons. The predicted molar refractivity (Wildman–Crippen MR) is 87.9 cm³/mol. The van der Waals surface area contributed by atoms with Gasteiger partial charge in [0.25, 0.3) is 0 Å². The van der Waals surface area contributed by atoms with Gasteiger partial charge in [-0.15, -0.1) is 0 Å². The molecule has 1 heterocycles. The van der Waals surface area contributed by atoms with Gasteiger partial charge in [-0.2, -0.15) is 5.26 Å². The Bertz CT molecular complexity index is 640. The first-order valence-electron chi connectivity index (χ1n) is 7.18. The quantitative estimate of drug-likeness (QED) is 0.778. The number of ether oxygens (including phenoxy) is 1. The van der Waals surface area contributed by atoms with E-state index in [4.69, 9.17) is 21.6 Å². The molecule has 0 saturated heterocycles. The highest BCUT2D eigenvalue weighted by Gasteiger charge is 2.05. The molecule has 0 fully saturated rings. The molecular weight excluding hydrogens is 298 g/mol. The number of benzene rings is 1. The summed E-state index contributed by atoms with van der Waals surface area (Å²) in [4.78, 5) is 4.13. The molecule has 1 N–H and O–H groups in total. The first-order chi connectivity index (χ1) is 10.7. The van der Waals surface area contributed by atoms with Crippen LogP contribution in [0, 0.1) is 11.3 Å². The highest BCUT2D eigenvalue weighted by molar-refractivity contribution is 6.31. The molecule has 114 valence electrons. The molecule has 0 aliphatic heterocycles. The smallest absolute Gasteiger partial charge is 0.161 e. The molecule has 0 amide bonds. The Labute approximate surface area is 135 Å². The lowest BCUT2D eigenvalue weighted by molar-refractivity contribution is 0.0656. The molecule has 1 unspecified atom stereocenters. The SMILES string of the molecule is CC(OCCCNc1ccc(Cl)c(C#N)n1)c1ccccc1. The third kappa shape index (κ3) is 4.73. The molecule has 5 heteroatoms. The van der Waals surface area contributed by atoms with E-state index in [9.17, 15) is 0 Å². The molecule has 22 heavy (non-hydrogen) atoms. The van der Waals surface area contributed by atoms with Gasteiger partial charge < -0.3 is 10.1 Å². The van der Waals surface area contributed by atoms with Crippen LogP contribution < -0.4 is 5.32 Å². The van der Waals surface area contributed by atoms with E-state index in [2.05, 4.69) is 22.4 Å². The Kier molecular flexibility index (Phi) is 6.20. The molecular formula is C17H18ClN3O. The number of halogens is 1. The number of hydrogen-bond acceptors (Lipinski definition) is 4. The lowest BCUT2D eigenvalue weighted by atomic mass is 10.1. The lowest BCUT2D eigenvalue weighted by Gasteiger charge is -2.13. The Morgan fingerprint density at radius 3 is 2.77 bits per heavy atom. The number of nitriles is 1. The minimum Gasteiger partial charge on any atom is -0.374 e. The van der Waals surface area contributed by atoms with Gasteiger partial charge in [0.15, 0.2) is 5.69 Å². The van der Waals surface area contributed by atoms with Gasteiger partial charge in [-0.1, -0.05) is 41.9 Å². The second-order valence-electron chi connectivity index (χ2n) is 4.84. The first-order valence-corrected chi connectivity index (χ1v) is 7.55. The van der Waals surface area contributed by atoms with E-state index in [0.29, 0.717) is 17.4 Å². The van der Waals surface area contributed by atoms with Gasteiger partial charge in [-0.25, -0.2) is 4.98 Å². The van der Waals surface area contributed by atoms with E-state index < -0.39 is 0 Å². The Balaban J connectivity index is 1.71. The fraction of sp³-hybridized carbons (Fsp3) is 0.294. The van der Waals surface area contributed by atoms with Crippen LogP contribution in [0.5, 0.6) is 0 Å². The Morgan fingerprint density at radius 1 is 1.27 bits per heavy atom. The molecule has 2 rings (SSSR count). The van der Waals surface area contributed by atoms with Crippen molar-refractivity contribution in [3.8, 4) is 6.07 Å². The fourth-order valence-corrected chi connectivity index (χ4v) is 2.14. The zero-order chi connectivity index (χ0) is 15.8. The lowest BCUT2D eigenvalue weighted by Crippen LogP contribution is -2.09. The van der Waals surface area contributed by atoms with Gasteiger partial charge in [0, 0.05) is 13.2 Å². The standard InChI is InChI=1S/C17H18ClN3O/c1-13(14-6-3-2-4-7-14)22-11-5-10-20-17-9-8-15(18)16(12-19)21-17/h2-4,6-9,13H,5,10-11H2,1H3,(H,20,21). The molecule has 0 spiro atoms. The minimum absolute atomic E-state index is 0.0834. The number of nitrogens with zero attached hydrogens (tertiary/aromatic N) is 2. The van der Waals surface area contributed by atoms with Gasteiger partial charge in [0.05, 0.1) is 11.1 Å². The fourth-order valence-electron chi connectivity index (χ4n) is 1.99. The topological polar surface area (TPSA) is 57.9 Å². The molecule has 4 nitrogen and oxygen atoms in total. The zero-order valence-electron chi connectivity index (χ0n) is 12.4. The average molecular weight is 316 g/mol. The number of aromatic nitrogens is 1. The molecule has 1 aromatic heterocycles. The van der Waals surface area contributed by atoms with Crippen molar-refractivity contribution >= 4 is 17.4 Å². The maximum atomic E-state index is 8.88. The van der Waals surface area contributed by atoms with Gasteiger partial charge in [0.2, 0.25) is 0 Å². The van der Waals surface area contributed by atoms with Crippen molar-refractivity contribution < 1.29 is 4.74 Å². The summed E-state index contributed by atoms with van der Waals surface area (Å²) >= 11 is 5.84. The maximum absolute atomic E-state index is 8.88. The molecule has 0 aliphatic carbocycles. The van der Waals surface area contributed by atoms with Gasteiger partial charge in [-0.3, -0.25) is 0 Å². The van der Waals surface area contributed by atoms with Crippen LogP contribution >= 0.6 is 11.6 Å². The summed E-state index contributed by atoms with van der Waals surface area (Å²) in [5.41, 5.74) is 1.41. The van der Waals surface area contributed by atoms with Crippen LogP contribution in [0.3, 0.4) is 0 Å². The van der Waals surface area contributed by atoms with Crippen LogP contribution in [-0.2, 0) is 4.74 Å². The third-order valence-corrected chi connectivity index (χ3v) is 3.52. The summed E-state index contributed by atoms with van der Waals surface area (Å²) in [6, 6.07) is 15.5. The second-order valence-corrected chi connectivity index (χ2v) is 5.25. The van der Waals surface area contributed by atoms with Crippen molar-refractivity contribution in [1.82, 2.24) is 4.98 Å². The van der Waals surface area contributed by atoms with Crippen molar-refractivity contribution in [2.75, 3.05) is 18.5 Å². The number of anilines is 1. The summed E-state index contributed by atoms with van der Waals surface area (Å²) in [6.45, 7) is 3.42. The number of nitrogens with one attached hydrogen (secondary N) is 1. The Hall–Kier alpha value is -2.09. The highest BCUT2D eigenvalue weighted by atomic mass is 35.5. The molecule has 1 aromatic carbocycles. The van der Waals surface area contributed by atoms with Crippen LogP contribution in [0.2, 0.25) is 5.02 Å². The summed E-state index contributed by atoms with van der Waals surface area (Å²) in [7, 11) is 0. The summed E-state index contributed by atoms with van der Waals surface area (Å²) in [6.07, 6.45) is 0.934. The first kappa shape index (κ1) is 16.3. The minimum atomic E-state index is 0.0834. The van der Waals surface area contributed by atoms with Gasteiger partial charge in [0.1, 0.15) is 11.9 Å². The van der Waals surface area contributed by atoms with Crippen LogP contribution in [-0.4, -0.2) is 18.1 Å². The van der Waals surface area contributed by atoms with Crippen molar-refractivity contribution in [3.05, 3.63) is 58.7 Å². The highest BCUT2D eigenvalue weighted by Crippen LogP contribution is 2.17. The van der Waals surface area contributed by atoms with E-state index in [1.165, 1.54) is 5.56 Å². The molecule has 2 aromatic rings. The molecule has 0 saturated carbocycles. The number of pyridine rings is 1. The number of rotatable bonds is 7. The molecule has 1 atom stereocenters. The monoisotopic (exact) mass is 315 g/mol. The van der Waals surface area contributed by atoms with Crippen LogP contribution in [0.25, 0.3) is 0 Å². The molecule has 0 bridgehead atoms. The van der Waals surface area contributed by atoms with Crippen molar-refractivity contribution in [1.29, 1.82) is 5.26 Å². The predicted octanol–water partition coefficient (Wildman–Crippen LogP) is 4.19. The average Bonchev–Trinajstić information content (AvgIpc) is 2.56. The van der Waals surface area contributed by atoms with Crippen LogP contribution in [0.4, 0.5) is 5.82 Å². The van der Waals surface area contributed by atoms with Gasteiger partial charge in [-0.05, 0) is 31.0 Å². The van der Waals surface area contributed by atoms with E-state index in [-0.39, 0.29) is 11.8 Å². The van der Waals surface area contributed by atoms with Crippen molar-refractivity contribution in [2.24, 2.45) is 0 Å². The normalized spacial score (nSPS) is 11.7. The zero-order valence-corrected chi connectivity index (χ0v) is 13.2. The van der Waals surface area contributed by atoms with Crippen molar-refractivity contribution in [2.45, 2.75) is 19.4 Å². The largest absolute Gasteiger partial charge is 0.374 e. The van der Waals surface area contributed by atoms with E-state index >= 15 is 0 Å². The summed E-state index contributed by atoms with van der Waals surface area (Å²) in [5, 5.41) is 12.4.